The Morgan fingerprint density at radius 1 is 1.33 bits per heavy atom. The van der Waals surface area contributed by atoms with Crippen molar-refractivity contribution in [3.63, 3.8) is 0 Å². The predicted octanol–water partition coefficient (Wildman–Crippen LogP) is 3.39. The summed E-state index contributed by atoms with van der Waals surface area (Å²) in [6, 6.07) is 8.68. The van der Waals surface area contributed by atoms with Crippen molar-refractivity contribution in [2.75, 3.05) is 11.4 Å². The molecule has 18 heavy (non-hydrogen) atoms. The van der Waals surface area contributed by atoms with Gasteiger partial charge in [-0.3, -0.25) is 4.99 Å². The van der Waals surface area contributed by atoms with Crippen LogP contribution < -0.4 is 10.6 Å². The van der Waals surface area contributed by atoms with Gasteiger partial charge in [0.1, 0.15) is 0 Å². The van der Waals surface area contributed by atoms with Crippen molar-refractivity contribution in [3.8, 4) is 0 Å². The van der Waals surface area contributed by atoms with E-state index in [0.717, 1.165) is 29.5 Å². The first-order valence-corrected chi connectivity index (χ1v) is 7.31. The molecule has 0 aliphatic carbocycles. The zero-order valence-corrected chi connectivity index (χ0v) is 12.5. The van der Waals surface area contributed by atoms with Crippen molar-refractivity contribution >= 4 is 27.6 Å². The summed E-state index contributed by atoms with van der Waals surface area (Å²) in [5.41, 5.74) is 7.18. The van der Waals surface area contributed by atoms with Gasteiger partial charge in [-0.25, -0.2) is 0 Å². The highest BCUT2D eigenvalue weighted by atomic mass is 79.9. The normalized spacial score (nSPS) is 19.4. The van der Waals surface area contributed by atoms with Crippen molar-refractivity contribution < 1.29 is 0 Å². The third kappa shape index (κ3) is 2.53. The van der Waals surface area contributed by atoms with E-state index in [1.54, 1.807) is 0 Å². The van der Waals surface area contributed by atoms with Crippen LogP contribution in [0.25, 0.3) is 0 Å². The molecule has 0 amide bonds. The van der Waals surface area contributed by atoms with E-state index in [1.807, 2.05) is 12.1 Å². The van der Waals surface area contributed by atoms with Gasteiger partial charge in [-0.15, -0.1) is 0 Å². The Bertz CT molecular complexity index is 423. The van der Waals surface area contributed by atoms with Crippen LogP contribution in [-0.4, -0.2) is 18.5 Å². The first-order chi connectivity index (χ1) is 8.67. The minimum atomic E-state index is 0.404. The first kappa shape index (κ1) is 13.4. The fraction of sp³-hybridized carbons (Fsp3) is 0.500. The van der Waals surface area contributed by atoms with Gasteiger partial charge in [-0.05, 0) is 30.2 Å². The van der Waals surface area contributed by atoms with Crippen LogP contribution in [0.15, 0.2) is 33.7 Å². The number of guanidine groups is 1. The lowest BCUT2D eigenvalue weighted by molar-refractivity contribution is 0.412. The first-order valence-electron chi connectivity index (χ1n) is 6.52. The maximum Gasteiger partial charge on any atom is 0.196 e. The van der Waals surface area contributed by atoms with E-state index in [4.69, 9.17) is 5.73 Å². The van der Waals surface area contributed by atoms with Gasteiger partial charge in [0.25, 0.3) is 0 Å². The Morgan fingerprint density at radius 3 is 2.50 bits per heavy atom. The number of hydrogen-bond acceptors (Lipinski definition) is 3. The van der Waals surface area contributed by atoms with Gasteiger partial charge in [-0.1, -0.05) is 42.6 Å². The summed E-state index contributed by atoms with van der Waals surface area (Å²) < 4.78 is 1.08. The average Bonchev–Trinajstić information content (AvgIpc) is 2.74. The molecule has 98 valence electrons. The van der Waals surface area contributed by atoms with Crippen LogP contribution in [-0.2, 0) is 0 Å². The van der Waals surface area contributed by atoms with Gasteiger partial charge in [0.2, 0.25) is 0 Å². The van der Waals surface area contributed by atoms with E-state index < -0.39 is 0 Å². The van der Waals surface area contributed by atoms with E-state index in [1.165, 1.54) is 0 Å². The second-order valence-electron chi connectivity index (χ2n) is 4.69. The van der Waals surface area contributed by atoms with Gasteiger partial charge in [0.15, 0.2) is 5.96 Å². The van der Waals surface area contributed by atoms with Crippen LogP contribution in [0.4, 0.5) is 5.69 Å². The molecule has 1 aromatic carbocycles. The van der Waals surface area contributed by atoms with E-state index in [2.05, 4.69) is 51.8 Å². The van der Waals surface area contributed by atoms with Crippen LogP contribution in [0.5, 0.6) is 0 Å². The van der Waals surface area contributed by atoms with Gasteiger partial charge < -0.3 is 10.6 Å². The average molecular weight is 310 g/mol. The SMILES string of the molecule is CCC(CC)C1CN=C(N)N1c1ccc(Br)cc1. The van der Waals surface area contributed by atoms with Crippen molar-refractivity contribution in [2.45, 2.75) is 32.7 Å². The standard InChI is InChI=1S/C14H20BrN3/c1-3-10(4-2)13-9-17-14(16)18(13)12-7-5-11(15)6-8-12/h5-8,10,13H,3-4,9H2,1-2H3,(H2,16,17). The fourth-order valence-electron chi connectivity index (χ4n) is 2.63. The largest absolute Gasteiger partial charge is 0.370 e. The zero-order valence-electron chi connectivity index (χ0n) is 10.9. The number of halogens is 1. The van der Waals surface area contributed by atoms with E-state index in [0.29, 0.717) is 17.9 Å². The van der Waals surface area contributed by atoms with E-state index >= 15 is 0 Å². The van der Waals surface area contributed by atoms with Crippen LogP contribution in [0, 0.1) is 5.92 Å². The third-order valence-electron chi connectivity index (χ3n) is 3.72. The molecule has 1 heterocycles. The summed E-state index contributed by atoms with van der Waals surface area (Å²) in [5, 5.41) is 0. The van der Waals surface area contributed by atoms with Crippen molar-refractivity contribution in [2.24, 2.45) is 16.6 Å². The Balaban J connectivity index is 2.27. The third-order valence-corrected chi connectivity index (χ3v) is 4.25. The van der Waals surface area contributed by atoms with Crippen LogP contribution in [0.3, 0.4) is 0 Å². The highest BCUT2D eigenvalue weighted by Gasteiger charge is 2.32. The summed E-state index contributed by atoms with van der Waals surface area (Å²) in [4.78, 5) is 6.61. The summed E-state index contributed by atoms with van der Waals surface area (Å²) in [7, 11) is 0. The summed E-state index contributed by atoms with van der Waals surface area (Å²) in [6.45, 7) is 5.29. The molecule has 3 nitrogen and oxygen atoms in total. The maximum atomic E-state index is 6.05. The Morgan fingerprint density at radius 2 is 1.94 bits per heavy atom. The molecule has 0 bridgehead atoms. The molecule has 0 saturated carbocycles. The molecule has 0 spiro atoms. The van der Waals surface area contributed by atoms with Crippen molar-refractivity contribution in [1.82, 2.24) is 0 Å². The minimum absolute atomic E-state index is 0.404. The summed E-state index contributed by atoms with van der Waals surface area (Å²) in [6.07, 6.45) is 2.33. The monoisotopic (exact) mass is 309 g/mol. The number of benzene rings is 1. The van der Waals surface area contributed by atoms with Gasteiger partial charge in [0, 0.05) is 10.2 Å². The number of anilines is 1. The number of nitrogens with zero attached hydrogens (tertiary/aromatic N) is 2. The lowest BCUT2D eigenvalue weighted by Gasteiger charge is -2.31. The molecule has 0 saturated heterocycles. The molecule has 2 rings (SSSR count). The summed E-state index contributed by atoms with van der Waals surface area (Å²) in [5.74, 6) is 1.28. The molecule has 4 heteroatoms. The molecule has 0 radical (unpaired) electrons. The number of rotatable bonds is 4. The molecule has 2 N–H and O–H groups in total. The fourth-order valence-corrected chi connectivity index (χ4v) is 2.90. The van der Waals surface area contributed by atoms with Crippen LogP contribution in [0.1, 0.15) is 26.7 Å². The topological polar surface area (TPSA) is 41.6 Å². The molecule has 1 aliphatic rings. The lowest BCUT2D eigenvalue weighted by atomic mass is 9.93. The quantitative estimate of drug-likeness (QED) is 0.926. The zero-order chi connectivity index (χ0) is 13.1. The maximum absolute atomic E-state index is 6.05. The molecule has 1 atom stereocenters. The molecule has 0 fully saturated rings. The predicted molar refractivity (Wildman–Crippen MR) is 81.0 cm³/mol. The van der Waals surface area contributed by atoms with Crippen LogP contribution in [0.2, 0.25) is 0 Å². The van der Waals surface area contributed by atoms with Crippen molar-refractivity contribution in [3.05, 3.63) is 28.7 Å². The molecule has 1 unspecified atom stereocenters. The lowest BCUT2D eigenvalue weighted by Crippen LogP contribution is -2.44. The number of hydrogen-bond donors (Lipinski definition) is 1. The Hall–Kier alpha value is -1.03. The second-order valence-corrected chi connectivity index (χ2v) is 5.60. The molecule has 0 aromatic heterocycles. The van der Waals surface area contributed by atoms with Crippen molar-refractivity contribution in [1.29, 1.82) is 0 Å². The van der Waals surface area contributed by atoms with Gasteiger partial charge in [-0.2, -0.15) is 0 Å². The molecule has 1 aromatic rings. The highest BCUT2D eigenvalue weighted by Crippen LogP contribution is 2.29. The van der Waals surface area contributed by atoms with E-state index in [9.17, 15) is 0 Å². The highest BCUT2D eigenvalue weighted by molar-refractivity contribution is 9.10. The van der Waals surface area contributed by atoms with E-state index in [-0.39, 0.29) is 0 Å². The molecular weight excluding hydrogens is 290 g/mol. The smallest absolute Gasteiger partial charge is 0.196 e. The Labute approximate surface area is 117 Å². The summed E-state index contributed by atoms with van der Waals surface area (Å²) >= 11 is 3.46. The minimum Gasteiger partial charge on any atom is -0.370 e. The van der Waals surface area contributed by atoms with Gasteiger partial charge >= 0.3 is 0 Å². The van der Waals surface area contributed by atoms with Crippen LogP contribution >= 0.6 is 15.9 Å². The molecular formula is C14H20BrN3. The Kier molecular flexibility index (Phi) is 4.27. The second kappa shape index (κ2) is 5.74. The number of aliphatic imine (C=N–C) groups is 1. The van der Waals surface area contributed by atoms with Gasteiger partial charge in [0.05, 0.1) is 12.6 Å². The number of nitrogens with two attached hydrogens (primary N) is 1. The molecule has 1 aliphatic heterocycles.